The van der Waals surface area contributed by atoms with Crippen molar-refractivity contribution in [3.8, 4) is 0 Å². The number of nitrogens with zero attached hydrogens (tertiary/aromatic N) is 2. The zero-order chi connectivity index (χ0) is 20.3. The highest BCUT2D eigenvalue weighted by Gasteiger charge is 2.36. The minimum absolute atomic E-state index is 0.108. The van der Waals surface area contributed by atoms with Crippen molar-refractivity contribution < 1.29 is 14.4 Å². The van der Waals surface area contributed by atoms with E-state index in [0.29, 0.717) is 5.69 Å². The molecule has 1 N–H and O–H groups in total. The second-order valence-corrected chi connectivity index (χ2v) is 7.22. The van der Waals surface area contributed by atoms with Gasteiger partial charge in [0.2, 0.25) is 0 Å². The summed E-state index contributed by atoms with van der Waals surface area (Å²) in [5.74, 6) is -1.38. The summed E-state index contributed by atoms with van der Waals surface area (Å²) in [4.78, 5) is 39.9. The molecule has 0 aromatic heterocycles. The Morgan fingerprint density at radius 1 is 0.964 bits per heavy atom. The van der Waals surface area contributed by atoms with Crippen LogP contribution in [0.4, 0.5) is 16.2 Å². The maximum Gasteiger partial charge on any atom is 0.335 e. The van der Waals surface area contributed by atoms with Crippen LogP contribution in [0, 0.1) is 0 Å². The van der Waals surface area contributed by atoms with Crippen LogP contribution in [0.15, 0.2) is 70.7 Å². The van der Waals surface area contributed by atoms with E-state index in [1.54, 1.807) is 36.4 Å². The third kappa shape index (κ3) is 4.20. The lowest BCUT2D eigenvalue weighted by Gasteiger charge is -2.26. The number of carbonyl (C=O) groups excluding carboxylic acids is 3. The van der Waals surface area contributed by atoms with Gasteiger partial charge in [-0.05, 0) is 48.0 Å². The van der Waals surface area contributed by atoms with E-state index in [-0.39, 0.29) is 5.57 Å². The fourth-order valence-corrected chi connectivity index (χ4v) is 2.91. The molecule has 1 fully saturated rings. The van der Waals surface area contributed by atoms with Crippen LogP contribution >= 0.6 is 15.9 Å². The Bertz CT molecular complexity index is 977. The Kier molecular flexibility index (Phi) is 5.75. The van der Waals surface area contributed by atoms with Crippen LogP contribution in [-0.2, 0) is 9.59 Å². The van der Waals surface area contributed by atoms with E-state index in [9.17, 15) is 14.4 Å². The Morgan fingerprint density at radius 2 is 1.61 bits per heavy atom. The second-order valence-electron chi connectivity index (χ2n) is 6.30. The Hall–Kier alpha value is -3.19. The average molecular weight is 440 g/mol. The van der Waals surface area contributed by atoms with Crippen molar-refractivity contribution in [1.29, 1.82) is 0 Å². The summed E-state index contributed by atoms with van der Waals surface area (Å²) in [5, 5.41) is 2.20. The summed E-state index contributed by atoms with van der Waals surface area (Å²) < 4.78 is 0.816. The zero-order valence-electron chi connectivity index (χ0n) is 15.3. The van der Waals surface area contributed by atoms with E-state index >= 15 is 0 Å². The van der Waals surface area contributed by atoms with Crippen molar-refractivity contribution in [2.75, 3.05) is 23.9 Å². The van der Waals surface area contributed by atoms with Crippen LogP contribution in [0.3, 0.4) is 0 Å². The maximum absolute atomic E-state index is 12.7. The molecular weight excluding hydrogens is 422 g/mol. The molecule has 142 valence electrons. The maximum atomic E-state index is 12.7. The number of imide groups is 2. The van der Waals surface area contributed by atoms with Crippen molar-refractivity contribution >= 4 is 51.2 Å². The molecule has 0 spiro atoms. The van der Waals surface area contributed by atoms with Gasteiger partial charge < -0.3 is 4.90 Å². The van der Waals surface area contributed by atoms with Gasteiger partial charge in [0.25, 0.3) is 11.8 Å². The van der Waals surface area contributed by atoms with Crippen LogP contribution in [0.25, 0.3) is 6.08 Å². The lowest BCUT2D eigenvalue weighted by Crippen LogP contribution is -2.54. The molecule has 0 atom stereocenters. The van der Waals surface area contributed by atoms with Gasteiger partial charge in [0, 0.05) is 24.3 Å². The minimum atomic E-state index is -0.766. The molecule has 1 saturated heterocycles. The first kappa shape index (κ1) is 19.6. The summed E-state index contributed by atoms with van der Waals surface area (Å²) in [6, 6.07) is 13.7. The molecule has 28 heavy (non-hydrogen) atoms. The molecule has 1 aliphatic heterocycles. The minimum Gasteiger partial charge on any atom is -0.378 e. The lowest BCUT2D eigenvalue weighted by atomic mass is 10.1. The lowest BCUT2D eigenvalue weighted by molar-refractivity contribution is -0.122. The normalized spacial score (nSPS) is 16.0. The van der Waals surface area contributed by atoms with Gasteiger partial charge >= 0.3 is 6.03 Å². The number of anilines is 2. The Labute approximate surface area is 171 Å². The summed E-state index contributed by atoms with van der Waals surface area (Å²) in [6.45, 7) is 0. The fourth-order valence-electron chi connectivity index (χ4n) is 2.64. The molecule has 0 aliphatic carbocycles. The first-order valence-electron chi connectivity index (χ1n) is 8.48. The molecule has 6 nitrogen and oxygen atoms in total. The first-order valence-corrected chi connectivity index (χ1v) is 9.27. The quantitative estimate of drug-likeness (QED) is 0.581. The molecule has 7 heteroatoms. The monoisotopic (exact) mass is 439 g/mol. The van der Waals surface area contributed by atoms with E-state index in [4.69, 9.17) is 0 Å². The fraction of sp³-hybridized carbons (Fsp3) is 0.0952. The van der Waals surface area contributed by atoms with E-state index in [1.165, 1.54) is 6.08 Å². The average Bonchev–Trinajstić information content (AvgIpc) is 2.66. The summed E-state index contributed by atoms with van der Waals surface area (Å²) in [7, 11) is 3.92. The largest absolute Gasteiger partial charge is 0.378 e. The first-order chi connectivity index (χ1) is 13.4. The topological polar surface area (TPSA) is 69.7 Å². The molecule has 0 bridgehead atoms. The number of urea groups is 1. The second kappa shape index (κ2) is 8.22. The Morgan fingerprint density at radius 3 is 2.21 bits per heavy atom. The van der Waals surface area contributed by atoms with E-state index < -0.39 is 17.8 Å². The molecule has 0 unspecified atom stereocenters. The summed E-state index contributed by atoms with van der Waals surface area (Å²) >= 11 is 3.31. The van der Waals surface area contributed by atoms with E-state index in [1.807, 2.05) is 43.3 Å². The van der Waals surface area contributed by atoms with Gasteiger partial charge in [0.1, 0.15) is 5.57 Å². The molecule has 1 heterocycles. The smallest absolute Gasteiger partial charge is 0.335 e. The molecule has 0 radical (unpaired) electrons. The highest BCUT2D eigenvalue weighted by atomic mass is 79.9. The van der Waals surface area contributed by atoms with E-state index in [2.05, 4.69) is 21.2 Å². The number of rotatable bonds is 4. The molecule has 2 aromatic rings. The third-order valence-corrected chi connectivity index (χ3v) is 4.68. The number of benzene rings is 2. The van der Waals surface area contributed by atoms with Gasteiger partial charge in [0.15, 0.2) is 0 Å². The number of amides is 4. The SMILES string of the molecule is CN(C)c1ccc(/C=C/C=C2\C(=O)NC(=O)N(c3ccc(Br)cc3)C2=O)cc1. The van der Waals surface area contributed by atoms with Gasteiger partial charge in [0.05, 0.1) is 5.69 Å². The standard InChI is InChI=1S/C21H18BrN3O3/c1-24(2)16-10-6-14(7-11-16)4-3-5-18-19(26)23-21(28)25(20(18)27)17-12-8-15(22)9-13-17/h3-13H,1-2H3,(H,23,26,28)/b4-3+,18-5+. The van der Waals surface area contributed by atoms with Crippen LogP contribution in [0.5, 0.6) is 0 Å². The van der Waals surface area contributed by atoms with Crippen molar-refractivity contribution in [3.63, 3.8) is 0 Å². The van der Waals surface area contributed by atoms with Crippen LogP contribution < -0.4 is 15.1 Å². The predicted octanol–water partition coefficient (Wildman–Crippen LogP) is 3.74. The molecule has 0 saturated carbocycles. The van der Waals surface area contributed by atoms with Crippen molar-refractivity contribution in [2.45, 2.75) is 0 Å². The zero-order valence-corrected chi connectivity index (χ0v) is 16.9. The van der Waals surface area contributed by atoms with Crippen LogP contribution in [0.2, 0.25) is 0 Å². The highest BCUT2D eigenvalue weighted by Crippen LogP contribution is 2.23. The number of halogens is 1. The van der Waals surface area contributed by atoms with Gasteiger partial charge in [-0.3, -0.25) is 14.9 Å². The summed E-state index contributed by atoms with van der Waals surface area (Å²) in [5.41, 5.74) is 2.27. The molecule has 4 amide bonds. The molecule has 1 aliphatic rings. The van der Waals surface area contributed by atoms with Crippen molar-refractivity contribution in [2.24, 2.45) is 0 Å². The number of hydrogen-bond donors (Lipinski definition) is 1. The summed E-state index contributed by atoms with van der Waals surface area (Å²) in [6.07, 6.45) is 4.82. The van der Waals surface area contributed by atoms with Crippen LogP contribution in [0.1, 0.15) is 5.56 Å². The number of allylic oxidation sites excluding steroid dienone is 2. The number of nitrogens with one attached hydrogen (secondary N) is 1. The molecule has 2 aromatic carbocycles. The van der Waals surface area contributed by atoms with Crippen molar-refractivity contribution in [3.05, 3.63) is 76.3 Å². The Balaban J connectivity index is 1.83. The highest BCUT2D eigenvalue weighted by molar-refractivity contribution is 9.10. The number of carbonyl (C=O) groups is 3. The van der Waals surface area contributed by atoms with Crippen LogP contribution in [-0.4, -0.2) is 31.9 Å². The molecular formula is C21H18BrN3O3. The number of barbiturate groups is 1. The van der Waals surface area contributed by atoms with Gasteiger partial charge in [-0.2, -0.15) is 0 Å². The van der Waals surface area contributed by atoms with E-state index in [0.717, 1.165) is 20.6 Å². The van der Waals surface area contributed by atoms with Crippen molar-refractivity contribution in [1.82, 2.24) is 5.32 Å². The number of hydrogen-bond acceptors (Lipinski definition) is 4. The molecule has 3 rings (SSSR count). The predicted molar refractivity (Wildman–Crippen MR) is 113 cm³/mol. The van der Waals surface area contributed by atoms with Gasteiger partial charge in [-0.15, -0.1) is 0 Å². The third-order valence-electron chi connectivity index (χ3n) is 4.15. The van der Waals surface area contributed by atoms with Gasteiger partial charge in [-0.1, -0.05) is 40.2 Å². The van der Waals surface area contributed by atoms with Gasteiger partial charge in [-0.25, -0.2) is 9.69 Å².